The van der Waals surface area contributed by atoms with Gasteiger partial charge in [0, 0.05) is 18.9 Å². The van der Waals surface area contributed by atoms with Crippen LogP contribution in [0.1, 0.15) is 6.42 Å². The number of hydrogen-bond donors (Lipinski definition) is 0. The summed E-state index contributed by atoms with van der Waals surface area (Å²) in [4.78, 5) is 1.80. The molecule has 1 nitrogen and oxygen atoms in total. The van der Waals surface area contributed by atoms with Crippen molar-refractivity contribution in [3.63, 3.8) is 0 Å². The minimum absolute atomic E-state index is 0.0885. The first-order valence-electron chi connectivity index (χ1n) is 3.05. The Morgan fingerprint density at radius 2 is 2.00 bits per heavy atom. The van der Waals surface area contributed by atoms with Gasteiger partial charge in [0.2, 0.25) is 0 Å². The van der Waals surface area contributed by atoms with E-state index in [2.05, 4.69) is 0 Å². The molecule has 1 aliphatic rings. The van der Waals surface area contributed by atoms with E-state index in [1.165, 1.54) is 0 Å². The summed E-state index contributed by atoms with van der Waals surface area (Å²) in [5, 5.41) is 0. The van der Waals surface area contributed by atoms with Crippen molar-refractivity contribution in [3.8, 4) is 0 Å². The monoisotopic (exact) mass is 135 g/mol. The summed E-state index contributed by atoms with van der Waals surface area (Å²) in [7, 11) is 3.63. The first-order valence-corrected chi connectivity index (χ1v) is 3.05. The van der Waals surface area contributed by atoms with Crippen LogP contribution in [0, 0.1) is 5.92 Å². The van der Waals surface area contributed by atoms with Gasteiger partial charge in [0.05, 0.1) is 0 Å². The topological polar surface area (TPSA) is 3.24 Å². The van der Waals surface area contributed by atoms with E-state index in [9.17, 15) is 8.78 Å². The fourth-order valence-electron chi connectivity index (χ4n) is 0.908. The van der Waals surface area contributed by atoms with Gasteiger partial charge in [-0.25, -0.2) is 8.78 Å². The molecule has 0 spiro atoms. The van der Waals surface area contributed by atoms with Crippen molar-refractivity contribution < 1.29 is 8.78 Å². The van der Waals surface area contributed by atoms with Crippen molar-refractivity contribution in [3.05, 3.63) is 0 Å². The second-order valence-electron chi connectivity index (χ2n) is 2.92. The molecule has 1 fully saturated rings. The van der Waals surface area contributed by atoms with Crippen LogP contribution in [0.4, 0.5) is 8.78 Å². The van der Waals surface area contributed by atoms with Gasteiger partial charge in [-0.05, 0) is 14.1 Å². The smallest absolute Gasteiger partial charge is 0.252 e. The average Bonchev–Trinajstić information content (AvgIpc) is 2.10. The van der Waals surface area contributed by atoms with Crippen molar-refractivity contribution in [2.75, 3.05) is 20.6 Å². The van der Waals surface area contributed by atoms with Gasteiger partial charge in [0.1, 0.15) is 0 Å². The quantitative estimate of drug-likeness (QED) is 0.550. The van der Waals surface area contributed by atoms with Crippen LogP contribution in [0.5, 0.6) is 0 Å². The Morgan fingerprint density at radius 1 is 1.56 bits per heavy atom. The lowest BCUT2D eigenvalue weighted by Gasteiger charge is -2.06. The summed E-state index contributed by atoms with van der Waals surface area (Å²) >= 11 is 0. The molecule has 1 saturated carbocycles. The molecular formula is C6H11F2N. The number of rotatable bonds is 2. The van der Waals surface area contributed by atoms with Crippen LogP contribution in [0.2, 0.25) is 0 Å². The lowest BCUT2D eigenvalue weighted by Crippen LogP contribution is -2.17. The molecule has 1 rings (SSSR count). The first-order chi connectivity index (χ1) is 4.02. The fraction of sp³-hybridized carbons (Fsp3) is 1.00. The van der Waals surface area contributed by atoms with Gasteiger partial charge in [-0.1, -0.05) is 0 Å². The van der Waals surface area contributed by atoms with Crippen LogP contribution < -0.4 is 0 Å². The maximum atomic E-state index is 12.1. The Morgan fingerprint density at radius 3 is 2.11 bits per heavy atom. The first kappa shape index (κ1) is 6.93. The molecule has 0 aromatic heterocycles. The normalized spacial score (nSPS) is 31.0. The largest absolute Gasteiger partial charge is 0.309 e. The minimum atomic E-state index is -2.34. The van der Waals surface area contributed by atoms with Gasteiger partial charge < -0.3 is 4.90 Å². The van der Waals surface area contributed by atoms with Crippen molar-refractivity contribution in [2.45, 2.75) is 12.3 Å². The fourth-order valence-corrected chi connectivity index (χ4v) is 0.908. The lowest BCUT2D eigenvalue weighted by atomic mass is 10.4. The van der Waals surface area contributed by atoms with E-state index >= 15 is 0 Å². The predicted octanol–water partition coefficient (Wildman–Crippen LogP) is 1.20. The maximum Gasteiger partial charge on any atom is 0.252 e. The predicted molar refractivity (Wildman–Crippen MR) is 31.6 cm³/mol. The van der Waals surface area contributed by atoms with E-state index in [4.69, 9.17) is 0 Å². The average molecular weight is 135 g/mol. The van der Waals surface area contributed by atoms with Crippen LogP contribution in [-0.2, 0) is 0 Å². The zero-order chi connectivity index (χ0) is 7.07. The van der Waals surface area contributed by atoms with Crippen LogP contribution in [0.3, 0.4) is 0 Å². The van der Waals surface area contributed by atoms with Crippen molar-refractivity contribution in [1.29, 1.82) is 0 Å². The van der Waals surface area contributed by atoms with Crippen molar-refractivity contribution in [1.82, 2.24) is 4.90 Å². The third kappa shape index (κ3) is 1.61. The Bertz CT molecular complexity index is 112. The van der Waals surface area contributed by atoms with Crippen LogP contribution in [-0.4, -0.2) is 31.5 Å². The standard InChI is InChI=1S/C6H11F2N/c1-9(2)4-5-3-6(5,7)8/h5H,3-4H2,1-2H3/t5-/m1/s1. The maximum absolute atomic E-state index is 12.1. The van der Waals surface area contributed by atoms with Gasteiger partial charge in [-0.15, -0.1) is 0 Å². The third-order valence-corrected chi connectivity index (χ3v) is 1.54. The minimum Gasteiger partial charge on any atom is -0.309 e. The zero-order valence-electron chi connectivity index (χ0n) is 5.69. The van der Waals surface area contributed by atoms with Crippen molar-refractivity contribution in [2.24, 2.45) is 5.92 Å². The van der Waals surface area contributed by atoms with E-state index in [0.717, 1.165) is 0 Å². The molecule has 0 aromatic carbocycles. The molecule has 0 saturated heterocycles. The number of halogens is 2. The summed E-state index contributed by atoms with van der Waals surface area (Å²) in [6.45, 7) is 0.521. The summed E-state index contributed by atoms with van der Waals surface area (Å²) in [6.07, 6.45) is 0.0885. The van der Waals surface area contributed by atoms with Crippen LogP contribution >= 0.6 is 0 Å². The Labute approximate surface area is 53.6 Å². The van der Waals surface area contributed by atoms with E-state index in [-0.39, 0.29) is 12.3 Å². The molecule has 0 N–H and O–H groups in total. The Balaban J connectivity index is 2.20. The lowest BCUT2D eigenvalue weighted by molar-refractivity contribution is 0.0923. The van der Waals surface area contributed by atoms with Gasteiger partial charge in [-0.3, -0.25) is 0 Å². The molecular weight excluding hydrogens is 124 g/mol. The van der Waals surface area contributed by atoms with Gasteiger partial charge in [-0.2, -0.15) is 0 Å². The summed E-state index contributed by atoms with van der Waals surface area (Å²) in [5.41, 5.74) is 0. The molecule has 0 aliphatic heterocycles. The summed E-state index contributed by atoms with van der Waals surface area (Å²) < 4.78 is 24.3. The van der Waals surface area contributed by atoms with Crippen LogP contribution in [0.25, 0.3) is 0 Å². The molecule has 9 heavy (non-hydrogen) atoms. The highest BCUT2D eigenvalue weighted by molar-refractivity contribution is 4.95. The molecule has 1 aliphatic carbocycles. The van der Waals surface area contributed by atoms with E-state index < -0.39 is 5.92 Å². The molecule has 0 amide bonds. The van der Waals surface area contributed by atoms with E-state index in [1.54, 1.807) is 4.90 Å². The van der Waals surface area contributed by atoms with E-state index in [0.29, 0.717) is 6.54 Å². The number of alkyl halides is 2. The molecule has 0 radical (unpaired) electrons. The second-order valence-corrected chi connectivity index (χ2v) is 2.92. The van der Waals surface area contributed by atoms with Gasteiger partial charge in [0.25, 0.3) is 5.92 Å². The highest BCUT2D eigenvalue weighted by Gasteiger charge is 2.56. The van der Waals surface area contributed by atoms with Gasteiger partial charge >= 0.3 is 0 Å². The molecule has 3 heteroatoms. The third-order valence-electron chi connectivity index (χ3n) is 1.54. The highest BCUT2D eigenvalue weighted by Crippen LogP contribution is 2.48. The molecule has 1 atom stereocenters. The molecule has 54 valence electrons. The zero-order valence-corrected chi connectivity index (χ0v) is 5.69. The van der Waals surface area contributed by atoms with Crippen LogP contribution in [0.15, 0.2) is 0 Å². The van der Waals surface area contributed by atoms with E-state index in [1.807, 2.05) is 14.1 Å². The molecule has 0 unspecified atom stereocenters. The SMILES string of the molecule is CN(C)C[C@H]1CC1(F)F. The highest BCUT2D eigenvalue weighted by atomic mass is 19.3. The number of nitrogens with zero attached hydrogens (tertiary/aromatic N) is 1. The number of hydrogen-bond acceptors (Lipinski definition) is 1. The molecule has 0 aromatic rings. The second kappa shape index (κ2) is 1.90. The summed E-state index contributed by atoms with van der Waals surface area (Å²) in [5.74, 6) is -2.71. The molecule has 0 heterocycles. The summed E-state index contributed by atoms with van der Waals surface area (Å²) in [6, 6.07) is 0. The van der Waals surface area contributed by atoms with Crippen molar-refractivity contribution >= 4 is 0 Å². The molecule has 0 bridgehead atoms. The Hall–Kier alpha value is -0.180. The Kier molecular flexibility index (Phi) is 1.47. The van der Waals surface area contributed by atoms with Gasteiger partial charge in [0.15, 0.2) is 0 Å².